The quantitative estimate of drug-likeness (QED) is 0.581. The van der Waals surface area contributed by atoms with Gasteiger partial charge in [0.15, 0.2) is 0 Å². The van der Waals surface area contributed by atoms with Gasteiger partial charge in [-0.2, -0.15) is 0 Å². The first-order valence-corrected chi connectivity index (χ1v) is 6.63. The molecular weight excluding hydrogens is 350 g/mol. The first-order chi connectivity index (χ1) is 9.51. The van der Waals surface area contributed by atoms with E-state index in [4.69, 9.17) is 21.1 Å². The Balaban J connectivity index is 2.39. The van der Waals surface area contributed by atoms with Crippen molar-refractivity contribution in [2.24, 2.45) is 0 Å². The molecule has 2 rings (SSSR count). The minimum absolute atomic E-state index is 0.0772. The summed E-state index contributed by atoms with van der Waals surface area (Å²) in [4.78, 5) is 10.4. The topological polar surface area (TPSA) is 61.6 Å². The average Bonchev–Trinajstić information content (AvgIpc) is 2.40. The summed E-state index contributed by atoms with van der Waals surface area (Å²) < 4.78 is 11.2. The Morgan fingerprint density at radius 1 is 1.20 bits per heavy atom. The summed E-state index contributed by atoms with van der Waals surface area (Å²) in [6.45, 7) is 0. The van der Waals surface area contributed by atoms with Crippen LogP contribution in [-0.4, -0.2) is 12.0 Å². The minimum Gasteiger partial charge on any atom is -0.497 e. The second kappa shape index (κ2) is 6.11. The van der Waals surface area contributed by atoms with Crippen LogP contribution in [0, 0.1) is 10.1 Å². The van der Waals surface area contributed by atoms with Gasteiger partial charge >= 0.3 is 5.69 Å². The van der Waals surface area contributed by atoms with Gasteiger partial charge in [0, 0.05) is 17.2 Å². The van der Waals surface area contributed by atoms with Crippen molar-refractivity contribution in [1.82, 2.24) is 0 Å². The number of rotatable bonds is 4. The van der Waals surface area contributed by atoms with Crippen molar-refractivity contribution in [2.45, 2.75) is 0 Å². The molecule has 0 bridgehead atoms. The maximum atomic E-state index is 11.0. The Hall–Kier alpha value is -1.79. The van der Waals surface area contributed by atoms with E-state index in [-0.39, 0.29) is 11.4 Å². The van der Waals surface area contributed by atoms with E-state index < -0.39 is 4.92 Å². The van der Waals surface area contributed by atoms with Crippen LogP contribution in [-0.2, 0) is 0 Å². The number of hydrogen-bond acceptors (Lipinski definition) is 4. The van der Waals surface area contributed by atoms with E-state index >= 15 is 0 Å². The van der Waals surface area contributed by atoms with Crippen LogP contribution in [0.2, 0.25) is 5.02 Å². The van der Waals surface area contributed by atoms with Crippen molar-refractivity contribution in [1.29, 1.82) is 0 Å². The van der Waals surface area contributed by atoms with E-state index in [1.807, 2.05) is 0 Å². The molecule has 0 saturated heterocycles. The number of nitro groups is 1. The first-order valence-electron chi connectivity index (χ1n) is 5.46. The van der Waals surface area contributed by atoms with Gasteiger partial charge in [-0.05, 0) is 40.2 Å². The molecule has 5 nitrogen and oxygen atoms in total. The molecule has 0 amide bonds. The highest BCUT2D eigenvalue weighted by Gasteiger charge is 2.17. The van der Waals surface area contributed by atoms with Crippen LogP contribution in [0.15, 0.2) is 40.9 Å². The van der Waals surface area contributed by atoms with Crippen molar-refractivity contribution in [2.75, 3.05) is 7.11 Å². The predicted molar refractivity (Wildman–Crippen MR) is 78.9 cm³/mol. The van der Waals surface area contributed by atoms with Crippen molar-refractivity contribution >= 4 is 33.2 Å². The molecule has 0 heterocycles. The van der Waals surface area contributed by atoms with Crippen LogP contribution in [0.1, 0.15) is 0 Å². The predicted octanol–water partition coefficient (Wildman–Crippen LogP) is 4.81. The van der Waals surface area contributed by atoms with Gasteiger partial charge in [0.05, 0.1) is 16.5 Å². The molecular formula is C13H9BrClNO4. The van der Waals surface area contributed by atoms with Gasteiger partial charge in [-0.15, -0.1) is 0 Å². The standard InChI is InChI=1S/C13H9BrClNO4/c1-19-9-3-5-12(10(14)7-9)20-13-6-8(15)2-4-11(13)16(17)18/h2-7H,1H3. The summed E-state index contributed by atoms with van der Waals surface area (Å²) in [5.74, 6) is 1.15. The van der Waals surface area contributed by atoms with Crippen molar-refractivity contribution in [3.8, 4) is 17.2 Å². The van der Waals surface area contributed by atoms with E-state index in [1.54, 1.807) is 25.3 Å². The molecule has 0 aliphatic carbocycles. The lowest BCUT2D eigenvalue weighted by atomic mass is 10.3. The lowest BCUT2D eigenvalue weighted by molar-refractivity contribution is -0.385. The molecule has 20 heavy (non-hydrogen) atoms. The number of benzene rings is 2. The molecule has 0 saturated carbocycles. The highest BCUT2D eigenvalue weighted by Crippen LogP contribution is 2.37. The number of halogens is 2. The van der Waals surface area contributed by atoms with Crippen LogP contribution in [0.4, 0.5) is 5.69 Å². The third-order valence-electron chi connectivity index (χ3n) is 2.48. The Kier molecular flexibility index (Phi) is 4.46. The Bertz CT molecular complexity index is 663. The molecule has 7 heteroatoms. The maximum Gasteiger partial charge on any atom is 0.311 e. The van der Waals surface area contributed by atoms with Crippen LogP contribution < -0.4 is 9.47 Å². The molecule has 0 fully saturated rings. The number of methoxy groups -OCH3 is 1. The molecule has 0 spiro atoms. The van der Waals surface area contributed by atoms with Gasteiger partial charge in [-0.1, -0.05) is 11.6 Å². The molecule has 2 aromatic carbocycles. The van der Waals surface area contributed by atoms with Gasteiger partial charge in [0.1, 0.15) is 11.5 Å². The highest BCUT2D eigenvalue weighted by molar-refractivity contribution is 9.10. The van der Waals surface area contributed by atoms with Crippen molar-refractivity contribution in [3.63, 3.8) is 0 Å². The molecule has 104 valence electrons. The second-order valence-corrected chi connectivity index (χ2v) is 5.06. The van der Waals surface area contributed by atoms with Crippen LogP contribution in [0.25, 0.3) is 0 Å². The number of hydrogen-bond donors (Lipinski definition) is 0. The molecule has 0 N–H and O–H groups in total. The summed E-state index contributed by atoms with van der Waals surface area (Å²) in [6, 6.07) is 9.18. The Labute approximate surface area is 128 Å². The van der Waals surface area contributed by atoms with Crippen LogP contribution in [0.3, 0.4) is 0 Å². The second-order valence-electron chi connectivity index (χ2n) is 3.77. The van der Waals surface area contributed by atoms with E-state index in [2.05, 4.69) is 15.9 Å². The number of nitrogens with zero attached hydrogens (tertiary/aromatic N) is 1. The highest BCUT2D eigenvalue weighted by atomic mass is 79.9. The van der Waals surface area contributed by atoms with Crippen LogP contribution >= 0.6 is 27.5 Å². The van der Waals surface area contributed by atoms with Gasteiger partial charge in [-0.3, -0.25) is 10.1 Å². The van der Waals surface area contributed by atoms with Gasteiger partial charge in [0.25, 0.3) is 0 Å². The summed E-state index contributed by atoms with van der Waals surface area (Å²) in [5.41, 5.74) is -0.155. The number of nitro benzene ring substituents is 1. The van der Waals surface area contributed by atoms with E-state index in [0.29, 0.717) is 21.0 Å². The minimum atomic E-state index is -0.525. The van der Waals surface area contributed by atoms with Gasteiger partial charge in [0.2, 0.25) is 5.75 Å². The fourth-order valence-electron chi connectivity index (χ4n) is 1.53. The van der Waals surface area contributed by atoms with E-state index in [0.717, 1.165) is 0 Å². The molecule has 2 aromatic rings. The van der Waals surface area contributed by atoms with Gasteiger partial charge < -0.3 is 9.47 Å². The fourth-order valence-corrected chi connectivity index (χ4v) is 2.13. The first kappa shape index (κ1) is 14.6. The summed E-state index contributed by atoms with van der Waals surface area (Å²) >= 11 is 9.16. The lowest BCUT2D eigenvalue weighted by Crippen LogP contribution is -1.94. The smallest absolute Gasteiger partial charge is 0.311 e. The van der Waals surface area contributed by atoms with Crippen molar-refractivity contribution < 1.29 is 14.4 Å². The normalized spacial score (nSPS) is 10.2. The molecule has 0 aliphatic rings. The summed E-state index contributed by atoms with van der Waals surface area (Å²) in [5, 5.41) is 11.3. The van der Waals surface area contributed by atoms with E-state index in [9.17, 15) is 10.1 Å². The monoisotopic (exact) mass is 357 g/mol. The molecule has 0 unspecified atom stereocenters. The van der Waals surface area contributed by atoms with Crippen molar-refractivity contribution in [3.05, 3.63) is 56.0 Å². The maximum absolute atomic E-state index is 11.0. The zero-order valence-electron chi connectivity index (χ0n) is 10.3. The molecule has 0 atom stereocenters. The lowest BCUT2D eigenvalue weighted by Gasteiger charge is -2.09. The zero-order chi connectivity index (χ0) is 14.7. The largest absolute Gasteiger partial charge is 0.497 e. The van der Waals surface area contributed by atoms with Gasteiger partial charge in [-0.25, -0.2) is 0 Å². The third kappa shape index (κ3) is 3.20. The summed E-state index contributed by atoms with van der Waals surface area (Å²) in [6.07, 6.45) is 0. The molecule has 0 radical (unpaired) electrons. The summed E-state index contributed by atoms with van der Waals surface area (Å²) in [7, 11) is 1.55. The van der Waals surface area contributed by atoms with E-state index in [1.165, 1.54) is 18.2 Å². The SMILES string of the molecule is COc1ccc(Oc2cc(Cl)ccc2[N+](=O)[O-])c(Br)c1. The fraction of sp³-hybridized carbons (Fsp3) is 0.0769. The molecule has 0 aromatic heterocycles. The Morgan fingerprint density at radius 3 is 2.55 bits per heavy atom. The molecule has 0 aliphatic heterocycles. The number of ether oxygens (including phenoxy) is 2. The average molecular weight is 359 g/mol. The van der Waals surface area contributed by atoms with Crippen LogP contribution in [0.5, 0.6) is 17.2 Å². The third-order valence-corrected chi connectivity index (χ3v) is 3.33. The Morgan fingerprint density at radius 2 is 1.95 bits per heavy atom. The zero-order valence-corrected chi connectivity index (χ0v) is 12.6.